The molecule has 2 atom stereocenters. The number of fused-ring (bicyclic) bond motifs is 1. The zero-order chi connectivity index (χ0) is 17.1. The van der Waals surface area contributed by atoms with Gasteiger partial charge in [-0.2, -0.15) is 0 Å². The van der Waals surface area contributed by atoms with Gasteiger partial charge in [0, 0.05) is 29.9 Å². The number of anilines is 1. The maximum Gasteiger partial charge on any atom is 0.323 e. The standard InChI is InChI=1S/C16H16N4O4/c21-11-3-1-2-10(6-11)19-16(24)20-13-8-18-15-12(13)4-9(7-17-15)5-14(22)23/h1-4,6-8,12,15,18,21H,5H2,(H,22,23)(H2,19,20,24). The SMILES string of the molecule is O=C(O)CC1=CC2C(NC(=O)Nc3cccc(O)c3)=CNC2N=C1. The van der Waals surface area contributed by atoms with Gasteiger partial charge in [0.2, 0.25) is 0 Å². The number of nitrogens with one attached hydrogen (secondary N) is 3. The minimum absolute atomic E-state index is 0.0532. The molecule has 24 heavy (non-hydrogen) atoms. The number of aromatic hydroxyl groups is 1. The highest BCUT2D eigenvalue weighted by molar-refractivity contribution is 5.91. The van der Waals surface area contributed by atoms with Gasteiger partial charge in [-0.3, -0.25) is 9.79 Å². The van der Waals surface area contributed by atoms with Crippen LogP contribution < -0.4 is 16.0 Å². The number of carboxylic acids is 1. The molecule has 0 saturated carbocycles. The molecule has 0 aliphatic carbocycles. The molecule has 5 N–H and O–H groups in total. The van der Waals surface area contributed by atoms with Crippen molar-refractivity contribution in [3.63, 3.8) is 0 Å². The third-order valence-electron chi connectivity index (χ3n) is 3.62. The second-order valence-corrected chi connectivity index (χ2v) is 5.46. The third-order valence-corrected chi connectivity index (χ3v) is 3.62. The van der Waals surface area contributed by atoms with Gasteiger partial charge in [0.25, 0.3) is 0 Å². The molecule has 0 saturated heterocycles. The van der Waals surface area contributed by atoms with Gasteiger partial charge in [0.05, 0.1) is 12.3 Å². The van der Waals surface area contributed by atoms with E-state index in [0.717, 1.165) is 0 Å². The molecule has 0 aromatic heterocycles. The fourth-order valence-electron chi connectivity index (χ4n) is 2.59. The van der Waals surface area contributed by atoms with Crippen LogP contribution in [0.15, 0.2) is 52.8 Å². The van der Waals surface area contributed by atoms with E-state index in [1.165, 1.54) is 18.3 Å². The zero-order valence-corrected chi connectivity index (χ0v) is 12.6. The first kappa shape index (κ1) is 15.6. The Bertz CT molecular complexity index is 769. The second-order valence-electron chi connectivity index (χ2n) is 5.46. The van der Waals surface area contributed by atoms with E-state index in [2.05, 4.69) is 20.9 Å². The first-order valence-electron chi connectivity index (χ1n) is 7.30. The quantitative estimate of drug-likeness (QED) is 0.571. The number of rotatable bonds is 4. The number of phenols is 1. The van der Waals surface area contributed by atoms with Crippen LogP contribution in [0.25, 0.3) is 0 Å². The zero-order valence-electron chi connectivity index (χ0n) is 12.6. The Morgan fingerprint density at radius 2 is 2.12 bits per heavy atom. The van der Waals surface area contributed by atoms with Crippen molar-refractivity contribution in [2.75, 3.05) is 5.32 Å². The van der Waals surface area contributed by atoms with Gasteiger partial charge in [-0.25, -0.2) is 4.79 Å². The summed E-state index contributed by atoms with van der Waals surface area (Å²) in [4.78, 5) is 27.2. The van der Waals surface area contributed by atoms with Crippen molar-refractivity contribution in [2.24, 2.45) is 10.9 Å². The Morgan fingerprint density at radius 3 is 2.88 bits per heavy atom. The number of benzene rings is 1. The van der Waals surface area contributed by atoms with Gasteiger partial charge in [-0.1, -0.05) is 12.1 Å². The largest absolute Gasteiger partial charge is 0.508 e. The predicted octanol–water partition coefficient (Wildman–Crippen LogP) is 1.39. The number of aliphatic imine (C=N–C) groups is 1. The van der Waals surface area contributed by atoms with Crippen molar-refractivity contribution in [1.82, 2.24) is 10.6 Å². The molecule has 0 bridgehead atoms. The van der Waals surface area contributed by atoms with Gasteiger partial charge in [-0.05, 0) is 17.7 Å². The fraction of sp³-hybridized carbons (Fsp3) is 0.188. The van der Waals surface area contributed by atoms with E-state index in [1.807, 2.05) is 0 Å². The Balaban J connectivity index is 1.65. The van der Waals surface area contributed by atoms with E-state index in [-0.39, 0.29) is 24.3 Å². The number of nitrogens with zero attached hydrogens (tertiary/aromatic N) is 1. The first-order chi connectivity index (χ1) is 11.5. The molecule has 2 aliphatic heterocycles. The summed E-state index contributed by atoms with van der Waals surface area (Å²) in [6.07, 6.45) is 4.60. The molecule has 8 nitrogen and oxygen atoms in total. The molecule has 1 aromatic carbocycles. The van der Waals surface area contributed by atoms with Crippen molar-refractivity contribution < 1.29 is 19.8 Å². The summed E-state index contributed by atoms with van der Waals surface area (Å²) in [6.45, 7) is 0. The lowest BCUT2D eigenvalue weighted by atomic mass is 9.97. The fourth-order valence-corrected chi connectivity index (χ4v) is 2.59. The van der Waals surface area contributed by atoms with Crippen molar-refractivity contribution in [2.45, 2.75) is 12.6 Å². The molecule has 2 heterocycles. The summed E-state index contributed by atoms with van der Waals surface area (Å²) in [5, 5.41) is 26.6. The molecule has 8 heteroatoms. The summed E-state index contributed by atoms with van der Waals surface area (Å²) in [6, 6.07) is 5.75. The molecule has 2 unspecified atom stereocenters. The average molecular weight is 328 g/mol. The van der Waals surface area contributed by atoms with Crippen LogP contribution >= 0.6 is 0 Å². The smallest absolute Gasteiger partial charge is 0.323 e. The summed E-state index contributed by atoms with van der Waals surface area (Å²) >= 11 is 0. The van der Waals surface area contributed by atoms with Crippen LogP contribution in [0, 0.1) is 5.92 Å². The number of carboxylic acid groups (broad SMARTS) is 1. The molecule has 2 aliphatic rings. The Morgan fingerprint density at radius 1 is 1.29 bits per heavy atom. The van der Waals surface area contributed by atoms with E-state index in [4.69, 9.17) is 5.11 Å². The van der Waals surface area contributed by atoms with E-state index in [0.29, 0.717) is 17.0 Å². The third kappa shape index (κ3) is 3.54. The summed E-state index contributed by atoms with van der Waals surface area (Å²) in [5.74, 6) is -1.12. The van der Waals surface area contributed by atoms with E-state index < -0.39 is 12.0 Å². The molecular formula is C16H16N4O4. The highest BCUT2D eigenvalue weighted by Crippen LogP contribution is 2.26. The van der Waals surface area contributed by atoms with Crippen LogP contribution in [0.1, 0.15) is 6.42 Å². The van der Waals surface area contributed by atoms with Gasteiger partial charge in [0.15, 0.2) is 0 Å². The van der Waals surface area contributed by atoms with Gasteiger partial charge >= 0.3 is 12.0 Å². The number of hydrogen-bond donors (Lipinski definition) is 5. The van der Waals surface area contributed by atoms with E-state index >= 15 is 0 Å². The number of amides is 2. The molecule has 3 rings (SSSR count). The number of hydrogen-bond acceptors (Lipinski definition) is 5. The highest BCUT2D eigenvalue weighted by atomic mass is 16.4. The van der Waals surface area contributed by atoms with Gasteiger partial charge in [-0.15, -0.1) is 0 Å². The van der Waals surface area contributed by atoms with Crippen LogP contribution in [-0.4, -0.2) is 34.6 Å². The average Bonchev–Trinajstić information content (AvgIpc) is 2.89. The molecule has 1 aromatic rings. The Hall–Kier alpha value is -3.29. The van der Waals surface area contributed by atoms with Crippen molar-refractivity contribution in [1.29, 1.82) is 0 Å². The lowest BCUT2D eigenvalue weighted by Crippen LogP contribution is -2.34. The molecule has 124 valence electrons. The van der Waals surface area contributed by atoms with Gasteiger partial charge in [0.1, 0.15) is 11.9 Å². The van der Waals surface area contributed by atoms with Crippen LogP contribution in [0.3, 0.4) is 0 Å². The summed E-state index contributed by atoms with van der Waals surface area (Å²) in [5.41, 5.74) is 1.64. The molecular weight excluding hydrogens is 312 g/mol. The Kier molecular flexibility index (Phi) is 4.19. The second kappa shape index (κ2) is 6.45. The lowest BCUT2D eigenvalue weighted by Gasteiger charge is -2.21. The molecule has 0 radical (unpaired) electrons. The monoisotopic (exact) mass is 328 g/mol. The predicted molar refractivity (Wildman–Crippen MR) is 87.6 cm³/mol. The summed E-state index contributed by atoms with van der Waals surface area (Å²) in [7, 11) is 0. The highest BCUT2D eigenvalue weighted by Gasteiger charge is 2.31. The van der Waals surface area contributed by atoms with Crippen molar-refractivity contribution in [3.05, 3.63) is 47.8 Å². The van der Waals surface area contributed by atoms with Gasteiger partial charge < -0.3 is 26.2 Å². The summed E-state index contributed by atoms with van der Waals surface area (Å²) < 4.78 is 0. The van der Waals surface area contributed by atoms with E-state index in [9.17, 15) is 14.7 Å². The van der Waals surface area contributed by atoms with Crippen LogP contribution in [0.4, 0.5) is 10.5 Å². The van der Waals surface area contributed by atoms with Crippen LogP contribution in [-0.2, 0) is 4.79 Å². The number of dihydropyridines is 1. The Labute approximate surface area is 137 Å². The topological polar surface area (TPSA) is 123 Å². The number of phenolic OH excluding ortho intramolecular Hbond substituents is 1. The first-order valence-corrected chi connectivity index (χ1v) is 7.30. The molecule has 0 spiro atoms. The normalized spacial score (nSPS) is 21.2. The molecule has 2 amide bonds. The maximum atomic E-state index is 12.1. The van der Waals surface area contributed by atoms with Crippen LogP contribution in [0.2, 0.25) is 0 Å². The minimum atomic E-state index is -0.933. The van der Waals surface area contributed by atoms with E-state index in [1.54, 1.807) is 24.4 Å². The minimum Gasteiger partial charge on any atom is -0.508 e. The lowest BCUT2D eigenvalue weighted by molar-refractivity contribution is -0.136. The number of carbonyl (C=O) groups excluding carboxylic acids is 1. The number of urea groups is 1. The number of aliphatic carboxylic acids is 1. The van der Waals surface area contributed by atoms with Crippen LogP contribution in [0.5, 0.6) is 5.75 Å². The number of carbonyl (C=O) groups is 2. The van der Waals surface area contributed by atoms with Crippen molar-refractivity contribution in [3.8, 4) is 5.75 Å². The molecule has 0 fully saturated rings. The van der Waals surface area contributed by atoms with Crippen molar-refractivity contribution >= 4 is 23.9 Å². The maximum absolute atomic E-state index is 12.1.